The summed E-state index contributed by atoms with van der Waals surface area (Å²) in [6.07, 6.45) is 2.56. The molecule has 1 aromatic rings. The van der Waals surface area contributed by atoms with Gasteiger partial charge in [-0.2, -0.15) is 11.8 Å². The lowest BCUT2D eigenvalue weighted by molar-refractivity contribution is 0.175. The smallest absolute Gasteiger partial charge is 0.0929 e. The van der Waals surface area contributed by atoms with Gasteiger partial charge >= 0.3 is 0 Å². The third kappa shape index (κ3) is 5.37. The molecular weight excluding hydrogens is 289 g/mol. The number of aliphatic hydroxyl groups excluding tert-OH is 1. The van der Waals surface area contributed by atoms with Gasteiger partial charge in [-0.25, -0.2) is 0 Å². The first-order chi connectivity index (χ1) is 8.54. The summed E-state index contributed by atoms with van der Waals surface area (Å²) < 4.78 is 0. The Balaban J connectivity index is 2.40. The average Bonchev–Trinajstić information content (AvgIpc) is 2.36. The molecule has 0 aliphatic rings. The van der Waals surface area contributed by atoms with Crippen LogP contribution >= 0.6 is 35.0 Å². The fourth-order valence-corrected chi connectivity index (χ4v) is 2.32. The Bertz CT molecular complexity index is 376. The van der Waals surface area contributed by atoms with Crippen molar-refractivity contribution in [2.75, 3.05) is 19.3 Å². The second-order valence-corrected chi connectivity index (χ2v) is 6.34. The van der Waals surface area contributed by atoms with Crippen LogP contribution in [0, 0.1) is 0 Å². The Morgan fingerprint density at radius 3 is 2.78 bits per heavy atom. The Hall–Kier alpha value is 0.0700. The fraction of sp³-hybridized carbons (Fsp3) is 0.538. The molecule has 102 valence electrons. The first kappa shape index (κ1) is 16.1. The molecule has 0 spiro atoms. The van der Waals surface area contributed by atoms with Crippen LogP contribution in [0.4, 0.5) is 0 Å². The summed E-state index contributed by atoms with van der Waals surface area (Å²) in [6, 6.07) is 5.13. The van der Waals surface area contributed by atoms with Crippen molar-refractivity contribution in [2.24, 2.45) is 0 Å². The summed E-state index contributed by atoms with van der Waals surface area (Å²) in [7, 11) is 0. The fourth-order valence-electron chi connectivity index (χ4n) is 1.54. The molecule has 0 saturated heterocycles. The molecule has 5 heteroatoms. The molecule has 1 rings (SSSR count). The van der Waals surface area contributed by atoms with Gasteiger partial charge in [-0.05, 0) is 37.4 Å². The number of aliphatic hydroxyl groups is 1. The second-order valence-electron chi connectivity index (χ2n) is 4.22. The van der Waals surface area contributed by atoms with E-state index >= 15 is 0 Å². The highest BCUT2D eigenvalue weighted by Crippen LogP contribution is 2.25. The first-order valence-electron chi connectivity index (χ1n) is 5.91. The minimum atomic E-state index is -0.624. The minimum Gasteiger partial charge on any atom is -0.387 e. The zero-order valence-corrected chi connectivity index (χ0v) is 12.9. The van der Waals surface area contributed by atoms with Crippen molar-refractivity contribution < 1.29 is 5.11 Å². The minimum absolute atomic E-state index is 0.487. The number of hydrogen-bond donors (Lipinski definition) is 2. The Labute approximate surface area is 123 Å². The second kappa shape index (κ2) is 8.28. The summed E-state index contributed by atoms with van der Waals surface area (Å²) in [5.74, 6) is 0. The van der Waals surface area contributed by atoms with E-state index in [2.05, 4.69) is 18.5 Å². The van der Waals surface area contributed by atoms with Gasteiger partial charge in [0, 0.05) is 27.4 Å². The van der Waals surface area contributed by atoms with Gasteiger partial charge in [0.2, 0.25) is 0 Å². The predicted octanol–water partition coefficient (Wildman–Crippen LogP) is 3.76. The van der Waals surface area contributed by atoms with Crippen LogP contribution in [0.2, 0.25) is 10.0 Å². The van der Waals surface area contributed by atoms with Gasteiger partial charge in [0.25, 0.3) is 0 Å². The number of benzene rings is 1. The SMILES string of the molecule is CSC(C)CCNCC(O)c1cc(Cl)ccc1Cl. The van der Waals surface area contributed by atoms with Crippen LogP contribution in [0.15, 0.2) is 18.2 Å². The van der Waals surface area contributed by atoms with E-state index in [1.165, 1.54) is 0 Å². The molecule has 2 unspecified atom stereocenters. The van der Waals surface area contributed by atoms with Crippen LogP contribution in [0.5, 0.6) is 0 Å². The Morgan fingerprint density at radius 1 is 1.39 bits per heavy atom. The number of hydrogen-bond acceptors (Lipinski definition) is 3. The topological polar surface area (TPSA) is 32.3 Å². The Kier molecular flexibility index (Phi) is 7.42. The highest BCUT2D eigenvalue weighted by Gasteiger charge is 2.11. The highest BCUT2D eigenvalue weighted by molar-refractivity contribution is 7.99. The van der Waals surface area contributed by atoms with Gasteiger partial charge in [0.15, 0.2) is 0 Å². The number of rotatable bonds is 7. The van der Waals surface area contributed by atoms with Crippen molar-refractivity contribution in [2.45, 2.75) is 24.7 Å². The third-order valence-electron chi connectivity index (χ3n) is 2.78. The molecule has 2 N–H and O–H groups in total. The predicted molar refractivity (Wildman–Crippen MR) is 81.9 cm³/mol. The van der Waals surface area contributed by atoms with Crippen molar-refractivity contribution in [3.63, 3.8) is 0 Å². The van der Waals surface area contributed by atoms with Gasteiger partial charge < -0.3 is 10.4 Å². The van der Waals surface area contributed by atoms with Crippen molar-refractivity contribution in [1.29, 1.82) is 0 Å². The average molecular weight is 308 g/mol. The molecular formula is C13H19Cl2NOS. The van der Waals surface area contributed by atoms with Crippen molar-refractivity contribution in [1.82, 2.24) is 5.32 Å². The van der Waals surface area contributed by atoms with E-state index in [1.54, 1.807) is 18.2 Å². The van der Waals surface area contributed by atoms with E-state index in [9.17, 15) is 5.11 Å². The maximum Gasteiger partial charge on any atom is 0.0929 e. The van der Waals surface area contributed by atoms with Crippen molar-refractivity contribution in [3.05, 3.63) is 33.8 Å². The van der Waals surface area contributed by atoms with Gasteiger partial charge in [-0.15, -0.1) is 0 Å². The quantitative estimate of drug-likeness (QED) is 0.752. The number of nitrogens with one attached hydrogen (secondary N) is 1. The third-order valence-corrected chi connectivity index (χ3v) is 4.40. The summed E-state index contributed by atoms with van der Waals surface area (Å²) >= 11 is 13.8. The first-order valence-corrected chi connectivity index (χ1v) is 7.95. The summed E-state index contributed by atoms with van der Waals surface area (Å²) in [5.41, 5.74) is 0.676. The molecule has 1 aromatic carbocycles. The van der Waals surface area contributed by atoms with Crippen LogP contribution < -0.4 is 5.32 Å². The maximum atomic E-state index is 10.0. The summed E-state index contributed by atoms with van der Waals surface area (Å²) in [4.78, 5) is 0. The Morgan fingerprint density at radius 2 is 2.11 bits per heavy atom. The van der Waals surface area contributed by atoms with Crippen LogP contribution in [-0.4, -0.2) is 29.7 Å². The molecule has 18 heavy (non-hydrogen) atoms. The number of thioether (sulfide) groups is 1. The largest absolute Gasteiger partial charge is 0.387 e. The van der Waals surface area contributed by atoms with E-state index in [-0.39, 0.29) is 0 Å². The highest BCUT2D eigenvalue weighted by atomic mass is 35.5. The standard InChI is InChI=1S/C13H19Cl2NOS/c1-9(18-2)5-6-16-8-13(17)11-7-10(14)3-4-12(11)15/h3-4,7,9,13,16-17H,5-6,8H2,1-2H3. The molecule has 0 aromatic heterocycles. The van der Waals surface area contributed by atoms with E-state index in [0.717, 1.165) is 13.0 Å². The lowest BCUT2D eigenvalue weighted by Gasteiger charge is -2.15. The normalized spacial score (nSPS) is 14.5. The number of halogens is 2. The van der Waals surface area contributed by atoms with E-state index < -0.39 is 6.10 Å². The van der Waals surface area contributed by atoms with Crippen LogP contribution in [0.3, 0.4) is 0 Å². The lowest BCUT2D eigenvalue weighted by atomic mass is 10.1. The molecule has 0 amide bonds. The zero-order valence-electron chi connectivity index (χ0n) is 10.6. The van der Waals surface area contributed by atoms with Gasteiger partial charge in [-0.3, -0.25) is 0 Å². The molecule has 0 fully saturated rings. The van der Waals surface area contributed by atoms with Crippen molar-refractivity contribution in [3.8, 4) is 0 Å². The van der Waals surface area contributed by atoms with Gasteiger partial charge in [0.1, 0.15) is 0 Å². The molecule has 0 aliphatic heterocycles. The van der Waals surface area contributed by atoms with Crippen LogP contribution in [-0.2, 0) is 0 Å². The summed E-state index contributed by atoms with van der Waals surface area (Å²) in [6.45, 7) is 3.56. The van der Waals surface area contributed by atoms with E-state index in [0.29, 0.717) is 27.4 Å². The molecule has 2 atom stereocenters. The maximum absolute atomic E-state index is 10.0. The van der Waals surface area contributed by atoms with E-state index in [4.69, 9.17) is 23.2 Å². The lowest BCUT2D eigenvalue weighted by Crippen LogP contribution is -2.24. The molecule has 0 aliphatic carbocycles. The van der Waals surface area contributed by atoms with Gasteiger partial charge in [0.05, 0.1) is 6.10 Å². The van der Waals surface area contributed by atoms with E-state index in [1.807, 2.05) is 11.8 Å². The molecule has 0 saturated carbocycles. The van der Waals surface area contributed by atoms with Crippen LogP contribution in [0.1, 0.15) is 25.0 Å². The molecule has 2 nitrogen and oxygen atoms in total. The van der Waals surface area contributed by atoms with Gasteiger partial charge in [-0.1, -0.05) is 30.1 Å². The zero-order chi connectivity index (χ0) is 13.5. The van der Waals surface area contributed by atoms with Crippen molar-refractivity contribution >= 4 is 35.0 Å². The summed E-state index contributed by atoms with van der Waals surface area (Å²) in [5, 5.41) is 15.0. The molecule has 0 bridgehead atoms. The monoisotopic (exact) mass is 307 g/mol. The molecule has 0 radical (unpaired) electrons. The molecule has 0 heterocycles. The van der Waals surface area contributed by atoms with Crippen LogP contribution in [0.25, 0.3) is 0 Å².